The van der Waals surface area contributed by atoms with Gasteiger partial charge in [-0.1, -0.05) is 30.3 Å². The highest BCUT2D eigenvalue weighted by molar-refractivity contribution is 5.87. The van der Waals surface area contributed by atoms with Crippen molar-refractivity contribution in [3.8, 4) is 5.75 Å². The number of benzene rings is 2. The van der Waals surface area contributed by atoms with E-state index in [2.05, 4.69) is 0 Å². The highest BCUT2D eigenvalue weighted by Gasteiger charge is 2.07. The number of carbonyl (C=O) groups is 1. The molecule has 1 amide bonds. The summed E-state index contributed by atoms with van der Waals surface area (Å²) in [5.74, 6) is 0.350. The second-order valence-electron chi connectivity index (χ2n) is 4.03. The lowest BCUT2D eigenvalue weighted by molar-refractivity contribution is -0.118. The summed E-state index contributed by atoms with van der Waals surface area (Å²) in [7, 11) is 0. The third-order valence-electron chi connectivity index (χ3n) is 2.81. The molecule has 0 aromatic heterocycles. The number of hydrogen-bond donors (Lipinski definition) is 2. The minimum atomic E-state index is -0.370. The first-order valence-corrected chi connectivity index (χ1v) is 5.84. The third kappa shape index (κ3) is 2.60. The largest absolute Gasteiger partial charge is 0.493 e. The molecule has 2 rings (SSSR count). The van der Waals surface area contributed by atoms with Gasteiger partial charge in [-0.15, -0.1) is 0 Å². The Bertz CT molecular complexity index is 567. The summed E-state index contributed by atoms with van der Waals surface area (Å²) in [5.41, 5.74) is 11.8. The van der Waals surface area contributed by atoms with Gasteiger partial charge in [0.25, 0.3) is 0 Å². The van der Waals surface area contributed by atoms with Gasteiger partial charge in [-0.25, -0.2) is 0 Å². The van der Waals surface area contributed by atoms with Crippen molar-refractivity contribution in [2.75, 3.05) is 6.61 Å². The molecule has 0 unspecified atom stereocenters. The molecule has 4 N–H and O–H groups in total. The van der Waals surface area contributed by atoms with Crippen LogP contribution in [0.5, 0.6) is 5.75 Å². The molecule has 0 aliphatic carbocycles. The Morgan fingerprint density at radius 2 is 1.94 bits per heavy atom. The van der Waals surface area contributed by atoms with E-state index in [1.165, 1.54) is 0 Å². The Morgan fingerprint density at radius 3 is 2.67 bits per heavy atom. The van der Waals surface area contributed by atoms with Crippen molar-refractivity contribution in [1.29, 1.82) is 0 Å². The van der Waals surface area contributed by atoms with Gasteiger partial charge in [0.2, 0.25) is 5.91 Å². The Kier molecular flexibility index (Phi) is 3.79. The summed E-state index contributed by atoms with van der Waals surface area (Å²) in [6, 6.07) is 11.9. The Labute approximate surface area is 106 Å². The van der Waals surface area contributed by atoms with Crippen LogP contribution in [0.2, 0.25) is 0 Å². The molecular formula is C14H16N2O2. The molecule has 0 spiro atoms. The molecule has 0 aliphatic rings. The predicted molar refractivity (Wildman–Crippen MR) is 71.1 cm³/mol. The van der Waals surface area contributed by atoms with Crippen LogP contribution in [0.4, 0.5) is 0 Å². The number of rotatable bonds is 5. The molecule has 0 heterocycles. The molecule has 2 aromatic rings. The van der Waals surface area contributed by atoms with Crippen LogP contribution in [-0.4, -0.2) is 12.5 Å². The van der Waals surface area contributed by atoms with Crippen molar-refractivity contribution in [2.24, 2.45) is 11.5 Å². The summed E-state index contributed by atoms with van der Waals surface area (Å²) in [6.07, 6.45) is 0.205. The van der Waals surface area contributed by atoms with Crippen molar-refractivity contribution in [1.82, 2.24) is 0 Å². The number of hydrogen-bond acceptors (Lipinski definition) is 3. The minimum Gasteiger partial charge on any atom is -0.493 e. The van der Waals surface area contributed by atoms with Gasteiger partial charge in [0.15, 0.2) is 0 Å². The number of amides is 1. The minimum absolute atomic E-state index is 0.205. The van der Waals surface area contributed by atoms with Gasteiger partial charge in [-0.05, 0) is 16.8 Å². The van der Waals surface area contributed by atoms with E-state index in [4.69, 9.17) is 16.2 Å². The number of primary amides is 1. The van der Waals surface area contributed by atoms with E-state index in [-0.39, 0.29) is 18.9 Å². The van der Waals surface area contributed by atoms with Gasteiger partial charge in [-0.3, -0.25) is 4.79 Å². The fourth-order valence-electron chi connectivity index (χ4n) is 1.92. The van der Waals surface area contributed by atoms with Crippen LogP contribution in [-0.2, 0) is 11.3 Å². The van der Waals surface area contributed by atoms with E-state index < -0.39 is 0 Å². The number of nitrogens with two attached hydrogens (primary N) is 2. The molecule has 0 radical (unpaired) electrons. The summed E-state index contributed by atoms with van der Waals surface area (Å²) >= 11 is 0. The van der Waals surface area contributed by atoms with E-state index in [9.17, 15) is 4.79 Å². The second-order valence-corrected chi connectivity index (χ2v) is 4.03. The van der Waals surface area contributed by atoms with Crippen LogP contribution in [0.1, 0.15) is 12.0 Å². The predicted octanol–water partition coefficient (Wildman–Crippen LogP) is 1.55. The standard InChI is InChI=1S/C14H16N2O2/c15-9-12-11-4-2-1-3-10(11)5-6-13(12)18-8-7-14(16)17/h1-6H,7-9,15H2,(H2,16,17). The summed E-state index contributed by atoms with van der Waals surface area (Å²) in [6.45, 7) is 0.675. The van der Waals surface area contributed by atoms with Crippen LogP contribution in [0.15, 0.2) is 36.4 Å². The van der Waals surface area contributed by atoms with E-state index >= 15 is 0 Å². The normalized spacial score (nSPS) is 10.5. The first-order valence-electron chi connectivity index (χ1n) is 5.84. The monoisotopic (exact) mass is 244 g/mol. The van der Waals surface area contributed by atoms with Gasteiger partial charge in [-0.2, -0.15) is 0 Å². The zero-order valence-electron chi connectivity index (χ0n) is 10.1. The zero-order valence-corrected chi connectivity index (χ0v) is 10.1. The van der Waals surface area contributed by atoms with E-state index in [1.807, 2.05) is 36.4 Å². The molecule has 0 atom stereocenters. The summed E-state index contributed by atoms with van der Waals surface area (Å²) < 4.78 is 5.57. The lowest BCUT2D eigenvalue weighted by atomic mass is 10.0. The maximum absolute atomic E-state index is 10.7. The lowest BCUT2D eigenvalue weighted by Crippen LogP contribution is -2.15. The van der Waals surface area contributed by atoms with Crippen LogP contribution < -0.4 is 16.2 Å². The highest BCUT2D eigenvalue weighted by atomic mass is 16.5. The SMILES string of the molecule is NCc1c(OCCC(N)=O)ccc2ccccc12. The Hall–Kier alpha value is -2.07. The smallest absolute Gasteiger partial charge is 0.220 e. The highest BCUT2D eigenvalue weighted by Crippen LogP contribution is 2.27. The van der Waals surface area contributed by atoms with Crippen molar-refractivity contribution in [3.05, 3.63) is 42.0 Å². The average Bonchev–Trinajstić information content (AvgIpc) is 2.38. The maximum atomic E-state index is 10.7. The van der Waals surface area contributed by atoms with Crippen molar-refractivity contribution >= 4 is 16.7 Å². The molecular weight excluding hydrogens is 228 g/mol. The van der Waals surface area contributed by atoms with Crippen molar-refractivity contribution in [3.63, 3.8) is 0 Å². The average molecular weight is 244 g/mol. The molecule has 0 bridgehead atoms. The fraction of sp³-hybridized carbons (Fsp3) is 0.214. The van der Waals surface area contributed by atoms with Crippen LogP contribution in [0.3, 0.4) is 0 Å². The van der Waals surface area contributed by atoms with Crippen molar-refractivity contribution < 1.29 is 9.53 Å². The molecule has 0 saturated carbocycles. The fourth-order valence-corrected chi connectivity index (χ4v) is 1.92. The van der Waals surface area contributed by atoms with E-state index in [0.717, 1.165) is 22.1 Å². The van der Waals surface area contributed by atoms with Crippen LogP contribution in [0.25, 0.3) is 10.8 Å². The molecule has 0 saturated heterocycles. The molecule has 94 valence electrons. The van der Waals surface area contributed by atoms with Gasteiger partial charge in [0.1, 0.15) is 5.75 Å². The quantitative estimate of drug-likeness (QED) is 0.837. The third-order valence-corrected chi connectivity index (χ3v) is 2.81. The number of ether oxygens (including phenoxy) is 1. The molecule has 18 heavy (non-hydrogen) atoms. The molecule has 2 aromatic carbocycles. The number of fused-ring (bicyclic) bond motifs is 1. The number of carbonyl (C=O) groups excluding carboxylic acids is 1. The zero-order chi connectivity index (χ0) is 13.0. The second kappa shape index (κ2) is 5.51. The maximum Gasteiger partial charge on any atom is 0.220 e. The van der Waals surface area contributed by atoms with Gasteiger partial charge < -0.3 is 16.2 Å². The first kappa shape index (κ1) is 12.4. The van der Waals surface area contributed by atoms with Crippen LogP contribution >= 0.6 is 0 Å². The molecule has 4 nitrogen and oxygen atoms in total. The lowest BCUT2D eigenvalue weighted by Gasteiger charge is -2.12. The molecule has 0 aliphatic heterocycles. The first-order chi connectivity index (χ1) is 8.72. The summed E-state index contributed by atoms with van der Waals surface area (Å²) in [5, 5.41) is 2.21. The van der Waals surface area contributed by atoms with Gasteiger partial charge >= 0.3 is 0 Å². The molecule has 0 fully saturated rings. The van der Waals surface area contributed by atoms with E-state index in [0.29, 0.717) is 6.54 Å². The van der Waals surface area contributed by atoms with Gasteiger partial charge in [0.05, 0.1) is 13.0 Å². The molecule has 4 heteroatoms. The van der Waals surface area contributed by atoms with Crippen LogP contribution in [0, 0.1) is 0 Å². The van der Waals surface area contributed by atoms with E-state index in [1.54, 1.807) is 0 Å². The van der Waals surface area contributed by atoms with Gasteiger partial charge in [0, 0.05) is 12.1 Å². The summed E-state index contributed by atoms with van der Waals surface area (Å²) in [4.78, 5) is 10.7. The Balaban J connectivity index is 2.30. The Morgan fingerprint density at radius 1 is 1.17 bits per heavy atom. The topological polar surface area (TPSA) is 78.3 Å². The van der Waals surface area contributed by atoms with Crippen molar-refractivity contribution in [2.45, 2.75) is 13.0 Å².